The molecule has 2 nitrogen and oxygen atoms in total. The molecule has 1 heterocycles. The van der Waals surface area contributed by atoms with Gasteiger partial charge in [-0.3, -0.25) is 4.57 Å². The first kappa shape index (κ1) is 10.5. The highest BCUT2D eigenvalue weighted by Crippen LogP contribution is 2.18. The number of nitrogens with two attached hydrogens (primary N) is 1. The number of hydrogen-bond acceptors (Lipinski definition) is 3. The fourth-order valence-corrected chi connectivity index (χ4v) is 2.58. The van der Waals surface area contributed by atoms with E-state index >= 15 is 0 Å². The largest absolute Gasteiger partial charge is 0.325 e. The van der Waals surface area contributed by atoms with Crippen molar-refractivity contribution in [2.75, 3.05) is 0 Å². The topological polar surface area (TPSA) is 30.9 Å². The molecule has 0 atom stereocenters. The lowest BCUT2D eigenvalue weighted by molar-refractivity contribution is 0.905. The molecule has 2 rings (SSSR count). The van der Waals surface area contributed by atoms with E-state index in [1.165, 1.54) is 5.56 Å². The average Bonchev–Trinajstić information content (AvgIpc) is 2.61. The van der Waals surface area contributed by atoms with E-state index in [1.807, 2.05) is 9.95 Å². The molecular weight excluding hydrogens is 224 g/mol. The molecule has 4 heteroatoms. The van der Waals surface area contributed by atoms with Crippen molar-refractivity contribution < 1.29 is 0 Å². The SMILES string of the molecule is Cc1ccc(-n2c(CN)csc2=S)cc1. The minimum absolute atomic E-state index is 0.515. The van der Waals surface area contributed by atoms with Crippen molar-refractivity contribution in [3.63, 3.8) is 0 Å². The quantitative estimate of drug-likeness (QED) is 0.813. The predicted octanol–water partition coefficient (Wildman–Crippen LogP) is 3.04. The summed E-state index contributed by atoms with van der Waals surface area (Å²) >= 11 is 6.83. The lowest BCUT2D eigenvalue weighted by Gasteiger charge is -2.07. The van der Waals surface area contributed by atoms with Crippen molar-refractivity contribution in [3.05, 3.63) is 44.9 Å². The highest BCUT2D eigenvalue weighted by atomic mass is 32.1. The smallest absolute Gasteiger partial charge is 0.165 e. The van der Waals surface area contributed by atoms with Crippen LogP contribution in [-0.4, -0.2) is 4.57 Å². The van der Waals surface area contributed by atoms with Crippen molar-refractivity contribution in [2.45, 2.75) is 13.5 Å². The highest BCUT2D eigenvalue weighted by molar-refractivity contribution is 7.73. The van der Waals surface area contributed by atoms with E-state index in [-0.39, 0.29) is 0 Å². The minimum Gasteiger partial charge on any atom is -0.325 e. The Morgan fingerprint density at radius 3 is 2.60 bits per heavy atom. The van der Waals surface area contributed by atoms with Crippen LogP contribution in [0.5, 0.6) is 0 Å². The number of aryl methyl sites for hydroxylation is 1. The van der Waals surface area contributed by atoms with Crippen LogP contribution < -0.4 is 5.73 Å². The predicted molar refractivity (Wildman–Crippen MR) is 67.1 cm³/mol. The second-order valence-corrected chi connectivity index (χ2v) is 4.87. The first-order valence-electron chi connectivity index (χ1n) is 4.69. The van der Waals surface area contributed by atoms with Crippen molar-refractivity contribution >= 4 is 23.6 Å². The number of aromatic nitrogens is 1. The highest BCUT2D eigenvalue weighted by Gasteiger charge is 2.04. The first-order chi connectivity index (χ1) is 7.22. The molecule has 0 aliphatic heterocycles. The van der Waals surface area contributed by atoms with E-state index in [0.717, 1.165) is 15.3 Å². The monoisotopic (exact) mass is 236 g/mol. The lowest BCUT2D eigenvalue weighted by Crippen LogP contribution is -2.05. The molecule has 0 unspecified atom stereocenters. The zero-order valence-corrected chi connectivity index (χ0v) is 10.1. The van der Waals surface area contributed by atoms with Crippen LogP contribution in [0, 0.1) is 10.9 Å². The minimum atomic E-state index is 0.515. The Balaban J connectivity index is 2.57. The van der Waals surface area contributed by atoms with Gasteiger partial charge in [0.1, 0.15) is 0 Å². The van der Waals surface area contributed by atoms with E-state index < -0.39 is 0 Å². The van der Waals surface area contributed by atoms with E-state index in [1.54, 1.807) is 11.3 Å². The third-order valence-electron chi connectivity index (χ3n) is 2.27. The molecule has 0 bridgehead atoms. The van der Waals surface area contributed by atoms with Crippen molar-refractivity contribution in [3.8, 4) is 5.69 Å². The third-order valence-corrected chi connectivity index (χ3v) is 3.51. The van der Waals surface area contributed by atoms with Crippen molar-refractivity contribution in [1.29, 1.82) is 0 Å². The van der Waals surface area contributed by atoms with Gasteiger partial charge in [-0.05, 0) is 31.3 Å². The van der Waals surface area contributed by atoms with Gasteiger partial charge in [0, 0.05) is 23.3 Å². The van der Waals surface area contributed by atoms with Crippen LogP contribution in [-0.2, 0) is 6.54 Å². The fraction of sp³-hybridized carbons (Fsp3) is 0.182. The summed E-state index contributed by atoms with van der Waals surface area (Å²) in [6.07, 6.45) is 0. The summed E-state index contributed by atoms with van der Waals surface area (Å²) in [6.45, 7) is 2.58. The Labute approximate surface area is 98.0 Å². The van der Waals surface area contributed by atoms with Gasteiger partial charge in [0.2, 0.25) is 0 Å². The molecule has 15 heavy (non-hydrogen) atoms. The molecule has 78 valence electrons. The second kappa shape index (κ2) is 4.26. The molecule has 0 radical (unpaired) electrons. The molecule has 0 saturated carbocycles. The van der Waals surface area contributed by atoms with Gasteiger partial charge in [-0.2, -0.15) is 0 Å². The van der Waals surface area contributed by atoms with Gasteiger partial charge in [-0.1, -0.05) is 17.7 Å². The van der Waals surface area contributed by atoms with Crippen LogP contribution in [0.3, 0.4) is 0 Å². The summed E-state index contributed by atoms with van der Waals surface area (Å²) in [5.41, 5.74) is 9.07. The molecule has 1 aromatic carbocycles. The van der Waals surface area contributed by atoms with Crippen LogP contribution >= 0.6 is 23.6 Å². The van der Waals surface area contributed by atoms with E-state index in [2.05, 4.69) is 31.2 Å². The zero-order chi connectivity index (χ0) is 10.8. The van der Waals surface area contributed by atoms with Gasteiger partial charge in [0.05, 0.1) is 0 Å². The molecule has 1 aromatic heterocycles. The van der Waals surface area contributed by atoms with Gasteiger partial charge in [-0.25, -0.2) is 0 Å². The summed E-state index contributed by atoms with van der Waals surface area (Å²) in [4.78, 5) is 0. The molecule has 0 amide bonds. The number of nitrogens with zero attached hydrogens (tertiary/aromatic N) is 1. The van der Waals surface area contributed by atoms with Crippen molar-refractivity contribution in [2.24, 2.45) is 5.73 Å². The average molecular weight is 236 g/mol. The van der Waals surface area contributed by atoms with Crippen LogP contribution in [0.1, 0.15) is 11.3 Å². The number of hydrogen-bond donors (Lipinski definition) is 1. The summed E-state index contributed by atoms with van der Waals surface area (Å²) in [7, 11) is 0. The maximum absolute atomic E-state index is 5.67. The molecule has 0 aliphatic carbocycles. The maximum atomic E-state index is 5.67. The Hall–Kier alpha value is -0.970. The van der Waals surface area contributed by atoms with Gasteiger partial charge < -0.3 is 5.73 Å². The summed E-state index contributed by atoms with van der Waals surface area (Å²) < 4.78 is 2.87. The molecule has 0 saturated heterocycles. The van der Waals surface area contributed by atoms with Gasteiger partial charge in [0.25, 0.3) is 0 Å². The van der Waals surface area contributed by atoms with Crippen molar-refractivity contribution in [1.82, 2.24) is 4.57 Å². The van der Waals surface area contributed by atoms with E-state index in [0.29, 0.717) is 6.54 Å². The third kappa shape index (κ3) is 2.02. The molecular formula is C11H12N2S2. The maximum Gasteiger partial charge on any atom is 0.165 e. The molecule has 2 aromatic rings. The summed E-state index contributed by atoms with van der Waals surface area (Å²) in [5, 5.41) is 2.02. The van der Waals surface area contributed by atoms with Gasteiger partial charge in [-0.15, -0.1) is 11.3 Å². The number of benzene rings is 1. The Kier molecular flexibility index (Phi) is 3.00. The van der Waals surface area contributed by atoms with Crippen LogP contribution in [0.15, 0.2) is 29.6 Å². The normalized spacial score (nSPS) is 10.5. The molecule has 2 N–H and O–H groups in total. The Morgan fingerprint density at radius 1 is 1.33 bits per heavy atom. The second-order valence-electron chi connectivity index (χ2n) is 3.37. The van der Waals surface area contributed by atoms with E-state index in [4.69, 9.17) is 18.0 Å². The summed E-state index contributed by atoms with van der Waals surface area (Å²) in [5.74, 6) is 0. The van der Waals surface area contributed by atoms with E-state index in [9.17, 15) is 0 Å². The van der Waals surface area contributed by atoms with Gasteiger partial charge in [0.15, 0.2) is 3.95 Å². The number of rotatable bonds is 2. The lowest BCUT2D eigenvalue weighted by atomic mass is 10.2. The van der Waals surface area contributed by atoms with Crippen LogP contribution in [0.25, 0.3) is 5.69 Å². The molecule has 0 aliphatic rings. The van der Waals surface area contributed by atoms with Gasteiger partial charge >= 0.3 is 0 Å². The molecule has 0 fully saturated rings. The molecule has 0 spiro atoms. The zero-order valence-electron chi connectivity index (χ0n) is 8.43. The number of thiazole rings is 1. The van der Waals surface area contributed by atoms with Crippen LogP contribution in [0.4, 0.5) is 0 Å². The Bertz CT molecular complexity index is 508. The summed E-state index contributed by atoms with van der Waals surface area (Å²) in [6, 6.07) is 8.29. The first-order valence-corrected chi connectivity index (χ1v) is 5.97. The van der Waals surface area contributed by atoms with Crippen LogP contribution in [0.2, 0.25) is 0 Å². The fourth-order valence-electron chi connectivity index (χ4n) is 1.45. The Morgan fingerprint density at radius 2 is 2.00 bits per heavy atom. The standard InChI is InChI=1S/C11H12N2S2/c1-8-2-4-9(5-3-8)13-10(6-12)7-15-11(13)14/h2-5,7H,6,12H2,1H3.